The summed E-state index contributed by atoms with van der Waals surface area (Å²) in [4.78, 5) is 15.0. The number of fused-ring (bicyclic) bond motifs is 1. The molecule has 2 aliphatic heterocycles. The lowest BCUT2D eigenvalue weighted by molar-refractivity contribution is 0.191. The molecule has 0 radical (unpaired) electrons. The van der Waals surface area contributed by atoms with E-state index in [1.54, 1.807) is 6.20 Å². The minimum Gasteiger partial charge on any atom is -0.340 e. The number of nitrogens with one attached hydrogen (secondary N) is 1. The number of pyridine rings is 1. The van der Waals surface area contributed by atoms with Crippen molar-refractivity contribution in [2.75, 3.05) is 18.1 Å². The molecule has 1 unspecified atom stereocenters. The third-order valence-corrected chi connectivity index (χ3v) is 5.36. The Morgan fingerprint density at radius 3 is 3.20 bits per heavy atom. The van der Waals surface area contributed by atoms with Gasteiger partial charge in [0, 0.05) is 49.3 Å². The van der Waals surface area contributed by atoms with Gasteiger partial charge in [-0.1, -0.05) is 0 Å². The van der Waals surface area contributed by atoms with Gasteiger partial charge in [-0.2, -0.15) is 11.8 Å². The van der Waals surface area contributed by atoms with Crippen LogP contribution in [0.25, 0.3) is 11.4 Å². The van der Waals surface area contributed by atoms with Gasteiger partial charge >= 0.3 is 0 Å². The van der Waals surface area contributed by atoms with Crippen molar-refractivity contribution in [1.29, 1.82) is 0 Å². The van der Waals surface area contributed by atoms with Gasteiger partial charge < -0.3 is 4.98 Å². The number of nitrogens with zero attached hydrogens (tertiary/aromatic N) is 3. The van der Waals surface area contributed by atoms with E-state index in [4.69, 9.17) is 4.98 Å². The maximum atomic E-state index is 4.75. The van der Waals surface area contributed by atoms with E-state index in [9.17, 15) is 0 Å². The molecule has 1 N–H and O–H groups in total. The molecule has 4 nitrogen and oxygen atoms in total. The first kappa shape index (κ1) is 12.4. The zero-order chi connectivity index (χ0) is 13.4. The summed E-state index contributed by atoms with van der Waals surface area (Å²) in [6.45, 7) is 2.17. The highest BCUT2D eigenvalue weighted by Crippen LogP contribution is 2.28. The second kappa shape index (κ2) is 5.22. The molecule has 0 bridgehead atoms. The van der Waals surface area contributed by atoms with Crippen LogP contribution in [0.5, 0.6) is 0 Å². The number of thioether (sulfide) groups is 1. The van der Waals surface area contributed by atoms with E-state index >= 15 is 0 Å². The lowest BCUT2D eigenvalue weighted by Gasteiger charge is -2.31. The van der Waals surface area contributed by atoms with Crippen LogP contribution in [-0.4, -0.2) is 43.9 Å². The molecule has 1 saturated heterocycles. The fourth-order valence-electron chi connectivity index (χ4n) is 3.08. The van der Waals surface area contributed by atoms with Gasteiger partial charge in [-0.3, -0.25) is 9.88 Å². The molecular weight excluding hydrogens is 268 g/mol. The first-order valence-corrected chi connectivity index (χ1v) is 8.35. The van der Waals surface area contributed by atoms with Crippen molar-refractivity contribution >= 4 is 11.8 Å². The lowest BCUT2D eigenvalue weighted by atomic mass is 10.1. The Morgan fingerprint density at radius 2 is 2.40 bits per heavy atom. The molecule has 0 saturated carbocycles. The van der Waals surface area contributed by atoms with E-state index in [0.29, 0.717) is 0 Å². The average molecular weight is 286 g/mol. The van der Waals surface area contributed by atoms with Crippen molar-refractivity contribution in [3.63, 3.8) is 0 Å². The summed E-state index contributed by atoms with van der Waals surface area (Å²) in [5.41, 5.74) is 3.61. The van der Waals surface area contributed by atoms with Crippen molar-refractivity contribution in [3.8, 4) is 11.4 Å². The minimum absolute atomic E-state index is 0.762. The van der Waals surface area contributed by atoms with E-state index in [1.165, 1.54) is 29.3 Å². The molecule has 20 heavy (non-hydrogen) atoms. The Balaban J connectivity index is 1.58. The van der Waals surface area contributed by atoms with E-state index < -0.39 is 0 Å². The van der Waals surface area contributed by atoms with E-state index in [0.717, 1.165) is 36.9 Å². The molecule has 2 aromatic rings. The molecule has 0 spiro atoms. The van der Waals surface area contributed by atoms with Crippen molar-refractivity contribution in [2.45, 2.75) is 25.4 Å². The monoisotopic (exact) mass is 286 g/mol. The fourth-order valence-corrected chi connectivity index (χ4v) is 4.33. The zero-order valence-corrected chi connectivity index (χ0v) is 12.2. The molecule has 0 aliphatic carbocycles. The summed E-state index contributed by atoms with van der Waals surface area (Å²) in [5.74, 6) is 3.57. The van der Waals surface area contributed by atoms with E-state index in [1.807, 2.05) is 12.3 Å². The molecule has 1 fully saturated rings. The molecule has 4 heterocycles. The van der Waals surface area contributed by atoms with Crippen LogP contribution in [0.3, 0.4) is 0 Å². The third kappa shape index (κ3) is 2.25. The van der Waals surface area contributed by atoms with Crippen LogP contribution in [0, 0.1) is 0 Å². The number of imidazole rings is 1. The lowest BCUT2D eigenvalue weighted by Crippen LogP contribution is -2.39. The van der Waals surface area contributed by atoms with Gasteiger partial charge in [-0.15, -0.1) is 0 Å². The summed E-state index contributed by atoms with van der Waals surface area (Å²) in [6.07, 6.45) is 6.07. The van der Waals surface area contributed by atoms with Gasteiger partial charge in [-0.25, -0.2) is 4.98 Å². The molecule has 2 aromatic heterocycles. The second-order valence-electron chi connectivity index (χ2n) is 5.49. The molecule has 1 atom stereocenters. The van der Waals surface area contributed by atoms with Crippen molar-refractivity contribution in [3.05, 3.63) is 35.9 Å². The van der Waals surface area contributed by atoms with Crippen LogP contribution in [0.4, 0.5) is 0 Å². The van der Waals surface area contributed by atoms with Crippen LogP contribution >= 0.6 is 11.8 Å². The molecule has 0 aromatic carbocycles. The molecule has 4 rings (SSSR count). The van der Waals surface area contributed by atoms with Crippen molar-refractivity contribution in [2.24, 2.45) is 0 Å². The van der Waals surface area contributed by atoms with Crippen LogP contribution in [0.2, 0.25) is 0 Å². The number of aromatic nitrogens is 3. The first-order chi connectivity index (χ1) is 9.90. The molecule has 104 valence electrons. The van der Waals surface area contributed by atoms with Crippen molar-refractivity contribution in [1.82, 2.24) is 19.9 Å². The van der Waals surface area contributed by atoms with Crippen LogP contribution < -0.4 is 0 Å². The van der Waals surface area contributed by atoms with Crippen LogP contribution in [-0.2, 0) is 13.0 Å². The molecule has 2 aliphatic rings. The number of aromatic amines is 1. The minimum atomic E-state index is 0.762. The van der Waals surface area contributed by atoms with E-state index in [-0.39, 0.29) is 0 Å². The Bertz CT molecular complexity index is 589. The highest BCUT2D eigenvalue weighted by Gasteiger charge is 2.28. The van der Waals surface area contributed by atoms with Crippen LogP contribution in [0.1, 0.15) is 17.8 Å². The largest absolute Gasteiger partial charge is 0.340 e. The van der Waals surface area contributed by atoms with Gasteiger partial charge in [-0.05, 0) is 24.3 Å². The quantitative estimate of drug-likeness (QED) is 0.920. The van der Waals surface area contributed by atoms with E-state index in [2.05, 4.69) is 32.7 Å². The van der Waals surface area contributed by atoms with Gasteiger partial charge in [0.25, 0.3) is 0 Å². The number of H-pyrrole nitrogens is 1. The normalized spacial score (nSPS) is 22.9. The Labute approximate surface area is 123 Å². The topological polar surface area (TPSA) is 44.8 Å². The molecular formula is C15H18N4S. The van der Waals surface area contributed by atoms with Gasteiger partial charge in [0.1, 0.15) is 5.82 Å². The maximum Gasteiger partial charge on any atom is 0.139 e. The third-order valence-electron chi connectivity index (χ3n) is 4.22. The first-order valence-electron chi connectivity index (χ1n) is 7.20. The Hall–Kier alpha value is -1.33. The van der Waals surface area contributed by atoms with Crippen molar-refractivity contribution < 1.29 is 0 Å². The maximum absolute atomic E-state index is 4.75. The number of hydrogen-bond acceptors (Lipinski definition) is 4. The fraction of sp³-hybridized carbons (Fsp3) is 0.467. The predicted octanol–water partition coefficient (Wildman–Crippen LogP) is 2.34. The van der Waals surface area contributed by atoms with Gasteiger partial charge in [0.15, 0.2) is 0 Å². The van der Waals surface area contributed by atoms with Gasteiger partial charge in [0.05, 0.1) is 11.4 Å². The Kier molecular flexibility index (Phi) is 3.24. The highest BCUT2D eigenvalue weighted by molar-refractivity contribution is 7.99. The SMILES string of the molecule is c1cncc(-c2nc3c([nH]2)CN(C2CCSC2)CC3)c1. The summed E-state index contributed by atoms with van der Waals surface area (Å²) < 4.78 is 0. The number of hydrogen-bond donors (Lipinski definition) is 1. The predicted molar refractivity (Wildman–Crippen MR) is 81.7 cm³/mol. The summed E-state index contributed by atoms with van der Waals surface area (Å²) in [6, 6.07) is 4.78. The molecule has 5 heteroatoms. The average Bonchev–Trinajstić information content (AvgIpc) is 3.16. The van der Waals surface area contributed by atoms with Gasteiger partial charge in [0.2, 0.25) is 0 Å². The standard InChI is InChI=1S/C15H18N4S/c1-2-11(8-16-5-1)15-17-13-3-6-19(9-14(13)18-15)12-4-7-20-10-12/h1-2,5,8,12H,3-4,6-7,9-10H2,(H,17,18). The molecule has 0 amide bonds. The zero-order valence-electron chi connectivity index (χ0n) is 11.4. The summed E-state index contributed by atoms with van der Waals surface area (Å²) in [5, 5.41) is 0. The smallest absolute Gasteiger partial charge is 0.139 e. The second-order valence-corrected chi connectivity index (χ2v) is 6.64. The number of rotatable bonds is 2. The Morgan fingerprint density at radius 1 is 1.40 bits per heavy atom. The summed E-state index contributed by atoms with van der Waals surface area (Å²) in [7, 11) is 0. The summed E-state index contributed by atoms with van der Waals surface area (Å²) >= 11 is 2.08. The highest BCUT2D eigenvalue weighted by atomic mass is 32.2. The van der Waals surface area contributed by atoms with Crippen LogP contribution in [0.15, 0.2) is 24.5 Å².